The Morgan fingerprint density at radius 2 is 0.787 bits per heavy atom. The SMILES string of the molecule is c1ccc(-c2c3ccccc3c(-c3cccc4c3oc3cccc(-c5c6ccccc6cc6ccccc56)c34)c3ccccc23)cc1. The van der Waals surface area contributed by atoms with E-state index in [4.69, 9.17) is 4.42 Å². The highest BCUT2D eigenvalue weighted by atomic mass is 16.3. The molecule has 0 aliphatic heterocycles. The minimum Gasteiger partial charge on any atom is -0.455 e. The summed E-state index contributed by atoms with van der Waals surface area (Å²) in [6.07, 6.45) is 0. The highest BCUT2D eigenvalue weighted by molar-refractivity contribution is 6.26. The van der Waals surface area contributed by atoms with Crippen LogP contribution >= 0.6 is 0 Å². The lowest BCUT2D eigenvalue weighted by Crippen LogP contribution is -1.91. The van der Waals surface area contributed by atoms with Gasteiger partial charge in [-0.3, -0.25) is 0 Å². The number of benzene rings is 9. The van der Waals surface area contributed by atoms with Gasteiger partial charge in [-0.15, -0.1) is 0 Å². The van der Waals surface area contributed by atoms with Crippen LogP contribution < -0.4 is 0 Å². The zero-order valence-corrected chi connectivity index (χ0v) is 25.6. The molecule has 0 amide bonds. The molecule has 0 N–H and O–H groups in total. The van der Waals surface area contributed by atoms with Crippen molar-refractivity contribution in [3.8, 4) is 33.4 Å². The minimum atomic E-state index is 0.900. The summed E-state index contributed by atoms with van der Waals surface area (Å²) in [7, 11) is 0. The molecule has 0 atom stereocenters. The maximum atomic E-state index is 6.94. The van der Waals surface area contributed by atoms with E-state index in [-0.39, 0.29) is 0 Å². The van der Waals surface area contributed by atoms with Crippen LogP contribution in [0.4, 0.5) is 0 Å². The lowest BCUT2D eigenvalue weighted by Gasteiger charge is -2.17. The van der Waals surface area contributed by atoms with E-state index in [9.17, 15) is 0 Å². The van der Waals surface area contributed by atoms with Crippen molar-refractivity contribution in [1.29, 1.82) is 0 Å². The van der Waals surface area contributed by atoms with Crippen LogP contribution in [0, 0.1) is 0 Å². The maximum absolute atomic E-state index is 6.94. The molecule has 9 aromatic carbocycles. The molecule has 0 unspecified atom stereocenters. The summed E-state index contributed by atoms with van der Waals surface area (Å²) in [6, 6.07) is 61.3. The van der Waals surface area contributed by atoms with Crippen LogP contribution in [0.2, 0.25) is 0 Å². The zero-order chi connectivity index (χ0) is 30.9. The van der Waals surface area contributed by atoms with Gasteiger partial charge in [0.25, 0.3) is 0 Å². The van der Waals surface area contributed by atoms with Crippen LogP contribution in [-0.4, -0.2) is 0 Å². The lowest BCUT2D eigenvalue weighted by molar-refractivity contribution is 0.670. The molecule has 0 bridgehead atoms. The summed E-state index contributed by atoms with van der Waals surface area (Å²) < 4.78 is 6.94. The van der Waals surface area contributed by atoms with Gasteiger partial charge in [0.05, 0.1) is 0 Å². The van der Waals surface area contributed by atoms with Crippen LogP contribution in [0.25, 0.3) is 98.4 Å². The Labute approximate surface area is 271 Å². The van der Waals surface area contributed by atoms with Crippen LogP contribution in [0.3, 0.4) is 0 Å². The summed E-state index contributed by atoms with van der Waals surface area (Å²) in [5, 5.41) is 12.2. The molecule has 0 saturated carbocycles. The summed E-state index contributed by atoms with van der Waals surface area (Å²) in [6.45, 7) is 0. The van der Waals surface area contributed by atoms with E-state index in [1.54, 1.807) is 0 Å². The van der Waals surface area contributed by atoms with E-state index < -0.39 is 0 Å². The molecule has 1 nitrogen and oxygen atoms in total. The lowest BCUT2D eigenvalue weighted by atomic mass is 9.85. The molecular formula is C46H28O. The Morgan fingerprint density at radius 1 is 0.319 bits per heavy atom. The van der Waals surface area contributed by atoms with Gasteiger partial charge < -0.3 is 4.42 Å². The standard InChI is InChI=1S/C46H28O/c1-2-14-29(15-3-1)42-34-20-8-10-22-36(34)44(37-23-11-9-21-35(37)42)39-25-12-26-40-45-38(24-13-27-41(45)47-46(39)40)43-32-18-6-4-16-30(32)28-31-17-5-7-19-33(31)43/h1-28H. The average molecular weight is 597 g/mol. The number of hydrogen-bond donors (Lipinski definition) is 0. The number of rotatable bonds is 3. The average Bonchev–Trinajstić information content (AvgIpc) is 3.53. The van der Waals surface area contributed by atoms with Crippen molar-refractivity contribution in [3.05, 3.63) is 170 Å². The number of hydrogen-bond acceptors (Lipinski definition) is 1. The Morgan fingerprint density at radius 3 is 1.43 bits per heavy atom. The topological polar surface area (TPSA) is 13.1 Å². The van der Waals surface area contributed by atoms with Crippen molar-refractivity contribution < 1.29 is 4.42 Å². The highest BCUT2D eigenvalue weighted by Crippen LogP contribution is 2.48. The van der Waals surface area contributed by atoms with E-state index in [2.05, 4.69) is 170 Å². The predicted molar refractivity (Wildman–Crippen MR) is 200 cm³/mol. The van der Waals surface area contributed by atoms with Gasteiger partial charge in [0.15, 0.2) is 0 Å². The van der Waals surface area contributed by atoms with Crippen molar-refractivity contribution in [1.82, 2.24) is 0 Å². The third-order valence-electron chi connectivity index (χ3n) is 9.83. The largest absolute Gasteiger partial charge is 0.455 e. The summed E-state index contributed by atoms with van der Waals surface area (Å²) in [5.74, 6) is 0. The van der Waals surface area contributed by atoms with Crippen molar-refractivity contribution in [2.75, 3.05) is 0 Å². The molecule has 0 aliphatic rings. The van der Waals surface area contributed by atoms with Crippen LogP contribution in [0.5, 0.6) is 0 Å². The molecule has 0 radical (unpaired) electrons. The monoisotopic (exact) mass is 596 g/mol. The molecular weight excluding hydrogens is 569 g/mol. The molecule has 1 heterocycles. The normalized spacial score (nSPS) is 11.8. The first-order valence-electron chi connectivity index (χ1n) is 16.2. The first kappa shape index (κ1) is 26.1. The van der Waals surface area contributed by atoms with Gasteiger partial charge in [-0.1, -0.05) is 158 Å². The molecule has 0 saturated heterocycles. The van der Waals surface area contributed by atoms with Gasteiger partial charge >= 0.3 is 0 Å². The van der Waals surface area contributed by atoms with E-state index in [0.717, 1.165) is 27.5 Å². The third-order valence-corrected chi connectivity index (χ3v) is 9.83. The second kappa shape index (κ2) is 10.2. The third kappa shape index (κ3) is 3.84. The van der Waals surface area contributed by atoms with Gasteiger partial charge in [0.2, 0.25) is 0 Å². The predicted octanol–water partition coefficient (Wildman–Crippen LogP) is 13.2. The minimum absolute atomic E-state index is 0.900. The zero-order valence-electron chi connectivity index (χ0n) is 25.6. The molecule has 47 heavy (non-hydrogen) atoms. The molecule has 10 rings (SSSR count). The van der Waals surface area contributed by atoms with Crippen LogP contribution in [0.1, 0.15) is 0 Å². The molecule has 10 aromatic rings. The van der Waals surface area contributed by atoms with Crippen molar-refractivity contribution >= 4 is 65.0 Å². The van der Waals surface area contributed by atoms with Crippen LogP contribution in [0.15, 0.2) is 174 Å². The Bertz CT molecular complexity index is 2730. The molecule has 1 aromatic heterocycles. The molecule has 0 fully saturated rings. The quantitative estimate of drug-likeness (QED) is 0.185. The van der Waals surface area contributed by atoms with E-state index >= 15 is 0 Å². The maximum Gasteiger partial charge on any atom is 0.143 e. The number of fused-ring (bicyclic) bond motifs is 7. The molecule has 0 spiro atoms. The van der Waals surface area contributed by atoms with Gasteiger partial charge in [-0.05, 0) is 77.5 Å². The summed E-state index contributed by atoms with van der Waals surface area (Å²) in [5.41, 5.74) is 9.07. The molecule has 218 valence electrons. The van der Waals surface area contributed by atoms with E-state index in [1.165, 1.54) is 70.9 Å². The van der Waals surface area contributed by atoms with Gasteiger partial charge in [0, 0.05) is 21.9 Å². The van der Waals surface area contributed by atoms with Crippen LogP contribution in [-0.2, 0) is 0 Å². The van der Waals surface area contributed by atoms with Gasteiger partial charge in [0.1, 0.15) is 11.2 Å². The van der Waals surface area contributed by atoms with E-state index in [0.29, 0.717) is 0 Å². The smallest absolute Gasteiger partial charge is 0.143 e. The Kier molecular flexibility index (Phi) is 5.64. The van der Waals surface area contributed by atoms with E-state index in [1.807, 2.05) is 0 Å². The fraction of sp³-hybridized carbons (Fsp3) is 0. The second-order valence-electron chi connectivity index (χ2n) is 12.4. The first-order chi connectivity index (χ1) is 23.3. The van der Waals surface area contributed by atoms with Gasteiger partial charge in [-0.25, -0.2) is 0 Å². The van der Waals surface area contributed by atoms with Crippen molar-refractivity contribution in [2.24, 2.45) is 0 Å². The fourth-order valence-corrected chi connectivity index (χ4v) is 7.89. The fourth-order valence-electron chi connectivity index (χ4n) is 7.89. The second-order valence-corrected chi connectivity index (χ2v) is 12.4. The number of para-hydroxylation sites is 1. The van der Waals surface area contributed by atoms with Crippen molar-refractivity contribution in [3.63, 3.8) is 0 Å². The molecule has 0 aliphatic carbocycles. The Balaban J connectivity index is 1.33. The Hall–Kier alpha value is -6.18. The number of furan rings is 1. The summed E-state index contributed by atoms with van der Waals surface area (Å²) >= 11 is 0. The summed E-state index contributed by atoms with van der Waals surface area (Å²) in [4.78, 5) is 0. The van der Waals surface area contributed by atoms with Gasteiger partial charge in [-0.2, -0.15) is 0 Å². The molecule has 1 heteroatoms. The highest BCUT2D eigenvalue weighted by Gasteiger charge is 2.22. The first-order valence-corrected chi connectivity index (χ1v) is 16.2. The van der Waals surface area contributed by atoms with Crippen molar-refractivity contribution in [2.45, 2.75) is 0 Å².